The second-order valence-electron chi connectivity index (χ2n) is 5.88. The predicted octanol–water partition coefficient (Wildman–Crippen LogP) is 2.60. The molecule has 2 unspecified atom stereocenters. The van der Waals surface area contributed by atoms with E-state index in [-0.39, 0.29) is 11.9 Å². The lowest BCUT2D eigenvalue weighted by atomic mass is 10.1. The van der Waals surface area contributed by atoms with E-state index < -0.39 is 5.60 Å². The fraction of sp³-hybridized carbons (Fsp3) is 0.923. The van der Waals surface area contributed by atoms with Gasteiger partial charge in [-0.1, -0.05) is 20.8 Å². The van der Waals surface area contributed by atoms with E-state index in [1.54, 1.807) is 0 Å². The second kappa shape index (κ2) is 6.24. The third-order valence-electron chi connectivity index (χ3n) is 2.56. The van der Waals surface area contributed by atoms with Crippen molar-refractivity contribution in [2.45, 2.75) is 60.1 Å². The lowest BCUT2D eigenvalue weighted by Gasteiger charge is -2.24. The maximum atomic E-state index is 11.7. The Balaban J connectivity index is 3.98. The van der Waals surface area contributed by atoms with Crippen molar-refractivity contribution in [2.75, 3.05) is 6.54 Å². The smallest absolute Gasteiger partial charge is 0.310 e. The van der Waals surface area contributed by atoms with Gasteiger partial charge in [-0.15, -0.1) is 0 Å². The summed E-state index contributed by atoms with van der Waals surface area (Å²) in [5.74, 6) is 0.349. The molecular formula is C13H27NO2. The molecule has 2 atom stereocenters. The molecule has 0 radical (unpaired) electrons. The molecule has 0 fully saturated rings. The molecule has 0 saturated heterocycles. The zero-order valence-electron chi connectivity index (χ0n) is 11.8. The first-order valence-electron chi connectivity index (χ1n) is 6.09. The van der Waals surface area contributed by atoms with Gasteiger partial charge < -0.3 is 10.1 Å². The van der Waals surface area contributed by atoms with Crippen LogP contribution in [0.1, 0.15) is 48.5 Å². The van der Waals surface area contributed by atoms with Gasteiger partial charge in [0.05, 0.1) is 5.92 Å². The van der Waals surface area contributed by atoms with Gasteiger partial charge in [0.1, 0.15) is 5.60 Å². The Bertz CT molecular complexity index is 218. The molecule has 0 aliphatic heterocycles. The number of hydrogen-bond donors (Lipinski definition) is 1. The average Bonchev–Trinajstić information content (AvgIpc) is 2.10. The molecule has 0 rings (SSSR count). The van der Waals surface area contributed by atoms with E-state index in [0.29, 0.717) is 18.5 Å². The molecule has 0 aromatic carbocycles. The van der Waals surface area contributed by atoms with E-state index in [1.165, 1.54) is 0 Å². The molecule has 16 heavy (non-hydrogen) atoms. The Morgan fingerprint density at radius 1 is 1.19 bits per heavy atom. The minimum absolute atomic E-state index is 0.0968. The number of carbonyl (C=O) groups excluding carboxylic acids is 1. The van der Waals surface area contributed by atoms with Crippen LogP contribution in [0.5, 0.6) is 0 Å². The number of nitrogens with one attached hydrogen (secondary N) is 1. The van der Waals surface area contributed by atoms with Gasteiger partial charge in [0.25, 0.3) is 0 Å². The lowest BCUT2D eigenvalue weighted by Crippen LogP contribution is -2.38. The largest absolute Gasteiger partial charge is 0.460 e. The summed E-state index contributed by atoms with van der Waals surface area (Å²) in [5, 5.41) is 3.35. The Hall–Kier alpha value is -0.570. The normalized spacial score (nSPS) is 16.0. The highest BCUT2D eigenvalue weighted by atomic mass is 16.6. The van der Waals surface area contributed by atoms with Gasteiger partial charge in [0.2, 0.25) is 0 Å². The van der Waals surface area contributed by atoms with E-state index in [9.17, 15) is 4.79 Å². The number of carbonyl (C=O) groups is 1. The van der Waals surface area contributed by atoms with Gasteiger partial charge in [0.15, 0.2) is 0 Å². The molecule has 0 bridgehead atoms. The number of esters is 1. The van der Waals surface area contributed by atoms with Crippen LogP contribution in [0.15, 0.2) is 0 Å². The SMILES string of the molecule is CC(CNC(C)C(C)C)C(=O)OC(C)(C)C. The summed E-state index contributed by atoms with van der Waals surface area (Å²) < 4.78 is 5.31. The highest BCUT2D eigenvalue weighted by molar-refractivity contribution is 5.72. The molecule has 1 N–H and O–H groups in total. The first kappa shape index (κ1) is 15.4. The first-order valence-corrected chi connectivity index (χ1v) is 6.09. The standard InChI is InChI=1S/C13H27NO2/c1-9(2)11(4)14-8-10(3)12(15)16-13(5,6)7/h9-11,14H,8H2,1-7H3. The van der Waals surface area contributed by atoms with Gasteiger partial charge in [-0.25, -0.2) is 0 Å². The maximum Gasteiger partial charge on any atom is 0.310 e. The molecular weight excluding hydrogens is 202 g/mol. The zero-order chi connectivity index (χ0) is 12.9. The summed E-state index contributed by atoms with van der Waals surface area (Å²) in [6.07, 6.45) is 0. The van der Waals surface area contributed by atoms with Crippen molar-refractivity contribution in [2.24, 2.45) is 11.8 Å². The van der Waals surface area contributed by atoms with Crippen molar-refractivity contribution in [1.29, 1.82) is 0 Å². The highest BCUT2D eigenvalue weighted by Crippen LogP contribution is 2.11. The Morgan fingerprint density at radius 2 is 1.69 bits per heavy atom. The molecule has 96 valence electrons. The van der Waals surface area contributed by atoms with E-state index in [1.807, 2.05) is 27.7 Å². The predicted molar refractivity (Wildman–Crippen MR) is 67.3 cm³/mol. The van der Waals surface area contributed by atoms with Crippen molar-refractivity contribution >= 4 is 5.97 Å². The molecule has 3 nitrogen and oxygen atoms in total. The van der Waals surface area contributed by atoms with E-state index >= 15 is 0 Å². The monoisotopic (exact) mass is 229 g/mol. The fourth-order valence-corrected chi connectivity index (χ4v) is 1.08. The van der Waals surface area contributed by atoms with Crippen molar-refractivity contribution in [3.63, 3.8) is 0 Å². The Labute approximate surface area is 99.9 Å². The quantitative estimate of drug-likeness (QED) is 0.736. The van der Waals surface area contributed by atoms with E-state index in [0.717, 1.165) is 0 Å². The van der Waals surface area contributed by atoms with Crippen LogP contribution in [0.4, 0.5) is 0 Å². The molecule has 0 aliphatic carbocycles. The number of rotatable bonds is 5. The van der Waals surface area contributed by atoms with Crippen LogP contribution in [0.2, 0.25) is 0 Å². The van der Waals surface area contributed by atoms with E-state index in [4.69, 9.17) is 4.74 Å². The molecule has 0 heterocycles. The van der Waals surface area contributed by atoms with Gasteiger partial charge in [-0.05, 0) is 33.6 Å². The summed E-state index contributed by atoms with van der Waals surface area (Å²) in [4.78, 5) is 11.7. The molecule has 3 heteroatoms. The van der Waals surface area contributed by atoms with E-state index in [2.05, 4.69) is 26.1 Å². The molecule has 0 spiro atoms. The van der Waals surface area contributed by atoms with Gasteiger partial charge in [0, 0.05) is 12.6 Å². The zero-order valence-corrected chi connectivity index (χ0v) is 11.8. The summed E-state index contributed by atoms with van der Waals surface area (Å²) in [6, 6.07) is 0.421. The lowest BCUT2D eigenvalue weighted by molar-refractivity contribution is -0.159. The summed E-state index contributed by atoms with van der Waals surface area (Å²) in [7, 11) is 0. The van der Waals surface area contributed by atoms with Crippen LogP contribution in [0.25, 0.3) is 0 Å². The van der Waals surface area contributed by atoms with Crippen LogP contribution >= 0.6 is 0 Å². The summed E-state index contributed by atoms with van der Waals surface area (Å²) in [6.45, 7) is 14.7. The summed E-state index contributed by atoms with van der Waals surface area (Å²) >= 11 is 0. The Morgan fingerprint density at radius 3 is 2.06 bits per heavy atom. The maximum absolute atomic E-state index is 11.7. The average molecular weight is 229 g/mol. The second-order valence-corrected chi connectivity index (χ2v) is 5.88. The molecule has 0 aliphatic rings. The third-order valence-corrected chi connectivity index (χ3v) is 2.56. The van der Waals surface area contributed by atoms with Gasteiger partial charge >= 0.3 is 5.97 Å². The van der Waals surface area contributed by atoms with Crippen LogP contribution < -0.4 is 5.32 Å². The van der Waals surface area contributed by atoms with Crippen LogP contribution in [-0.2, 0) is 9.53 Å². The number of ether oxygens (including phenoxy) is 1. The number of hydrogen-bond acceptors (Lipinski definition) is 3. The van der Waals surface area contributed by atoms with Crippen molar-refractivity contribution in [1.82, 2.24) is 5.32 Å². The van der Waals surface area contributed by atoms with Gasteiger partial charge in [-0.2, -0.15) is 0 Å². The first-order chi connectivity index (χ1) is 7.13. The van der Waals surface area contributed by atoms with Crippen LogP contribution in [-0.4, -0.2) is 24.2 Å². The van der Waals surface area contributed by atoms with Crippen LogP contribution in [0.3, 0.4) is 0 Å². The molecule has 0 saturated carbocycles. The topological polar surface area (TPSA) is 38.3 Å². The third kappa shape index (κ3) is 6.83. The van der Waals surface area contributed by atoms with Crippen molar-refractivity contribution in [3.05, 3.63) is 0 Å². The van der Waals surface area contributed by atoms with Crippen molar-refractivity contribution < 1.29 is 9.53 Å². The molecule has 0 aromatic rings. The molecule has 0 amide bonds. The molecule has 0 aromatic heterocycles. The van der Waals surface area contributed by atoms with Crippen molar-refractivity contribution in [3.8, 4) is 0 Å². The fourth-order valence-electron chi connectivity index (χ4n) is 1.08. The van der Waals surface area contributed by atoms with Gasteiger partial charge in [-0.3, -0.25) is 4.79 Å². The minimum atomic E-state index is -0.394. The summed E-state index contributed by atoms with van der Waals surface area (Å²) in [5.41, 5.74) is -0.394. The Kier molecular flexibility index (Phi) is 6.01. The van der Waals surface area contributed by atoms with Crippen LogP contribution in [0, 0.1) is 11.8 Å². The minimum Gasteiger partial charge on any atom is -0.460 e. The highest BCUT2D eigenvalue weighted by Gasteiger charge is 2.22.